The van der Waals surface area contributed by atoms with Gasteiger partial charge in [0.1, 0.15) is 0 Å². The fourth-order valence-electron chi connectivity index (χ4n) is 2.13. The molecule has 2 heterocycles. The molecule has 3 rings (SSSR count). The van der Waals surface area contributed by atoms with Crippen molar-refractivity contribution in [3.63, 3.8) is 0 Å². The number of nitrogens with zero attached hydrogens (tertiary/aromatic N) is 2. The Labute approximate surface area is 129 Å². The van der Waals surface area contributed by atoms with Crippen molar-refractivity contribution in [3.8, 4) is 0 Å². The second kappa shape index (κ2) is 5.05. The van der Waals surface area contributed by atoms with E-state index >= 15 is 0 Å². The van der Waals surface area contributed by atoms with Gasteiger partial charge in [-0.1, -0.05) is 0 Å². The van der Waals surface area contributed by atoms with Crippen molar-refractivity contribution in [2.45, 2.75) is 13.5 Å². The van der Waals surface area contributed by atoms with E-state index in [1.165, 1.54) is 14.7 Å². The number of halogens is 1. The predicted molar refractivity (Wildman–Crippen MR) is 87.9 cm³/mol. The van der Waals surface area contributed by atoms with Crippen LogP contribution in [0.15, 0.2) is 36.7 Å². The smallest absolute Gasteiger partial charge is 0.178 e. The minimum atomic E-state index is 0.749. The van der Waals surface area contributed by atoms with Crippen LogP contribution in [0.25, 0.3) is 11.0 Å². The molecule has 0 radical (unpaired) electrons. The highest BCUT2D eigenvalue weighted by molar-refractivity contribution is 14.1. The normalized spacial score (nSPS) is 11.1. The van der Waals surface area contributed by atoms with E-state index in [4.69, 9.17) is 12.2 Å². The lowest BCUT2D eigenvalue weighted by Crippen LogP contribution is -2.02. The molecule has 0 aliphatic rings. The summed E-state index contributed by atoms with van der Waals surface area (Å²) in [5, 5.41) is 0. The lowest BCUT2D eigenvalue weighted by atomic mass is 10.1. The number of hydrogen-bond acceptors (Lipinski definition) is 2. The summed E-state index contributed by atoms with van der Waals surface area (Å²) < 4.78 is 4.07. The number of fused-ring (bicyclic) bond motifs is 1. The molecule has 0 amide bonds. The monoisotopic (exact) mass is 381 g/mol. The predicted octanol–water partition coefficient (Wildman–Crippen LogP) is 4.06. The third-order valence-electron chi connectivity index (χ3n) is 3.21. The van der Waals surface area contributed by atoms with Crippen LogP contribution in [-0.2, 0) is 6.54 Å². The van der Waals surface area contributed by atoms with Gasteiger partial charge in [0.25, 0.3) is 0 Å². The van der Waals surface area contributed by atoms with Crippen LogP contribution in [0.3, 0.4) is 0 Å². The van der Waals surface area contributed by atoms with E-state index in [0.29, 0.717) is 0 Å². The summed E-state index contributed by atoms with van der Waals surface area (Å²) in [6, 6.07) is 8.34. The van der Waals surface area contributed by atoms with E-state index in [0.717, 1.165) is 22.3 Å². The van der Waals surface area contributed by atoms with Gasteiger partial charge in [0.2, 0.25) is 0 Å². The molecule has 0 saturated heterocycles. The van der Waals surface area contributed by atoms with Crippen molar-refractivity contribution >= 4 is 45.8 Å². The van der Waals surface area contributed by atoms with Crippen molar-refractivity contribution in [3.05, 3.63) is 56.1 Å². The van der Waals surface area contributed by atoms with Crippen LogP contribution in [0.4, 0.5) is 0 Å². The molecular formula is C14H12IN3S. The van der Waals surface area contributed by atoms with Crippen LogP contribution in [0.1, 0.15) is 11.1 Å². The highest BCUT2D eigenvalue weighted by Crippen LogP contribution is 2.19. The van der Waals surface area contributed by atoms with Crippen molar-refractivity contribution in [1.82, 2.24) is 14.5 Å². The summed E-state index contributed by atoms with van der Waals surface area (Å²) in [5.41, 5.74) is 4.64. The first kappa shape index (κ1) is 12.8. The fraction of sp³-hybridized carbons (Fsp3) is 0.143. The number of aromatic amines is 1. The number of benzene rings is 1. The molecule has 96 valence electrons. The van der Waals surface area contributed by atoms with Crippen molar-refractivity contribution < 1.29 is 0 Å². The van der Waals surface area contributed by atoms with Crippen LogP contribution < -0.4 is 0 Å². The van der Waals surface area contributed by atoms with Crippen LogP contribution in [0.5, 0.6) is 0 Å². The molecule has 5 heteroatoms. The Morgan fingerprint density at radius 2 is 2.21 bits per heavy atom. The van der Waals surface area contributed by atoms with Gasteiger partial charge in [0.05, 0.1) is 17.6 Å². The lowest BCUT2D eigenvalue weighted by molar-refractivity contribution is 0.800. The Morgan fingerprint density at radius 3 is 3.00 bits per heavy atom. The summed E-state index contributed by atoms with van der Waals surface area (Å²) in [7, 11) is 0. The minimum absolute atomic E-state index is 0.749. The largest absolute Gasteiger partial charge is 0.331 e. The van der Waals surface area contributed by atoms with Gasteiger partial charge in [0, 0.05) is 16.0 Å². The third kappa shape index (κ3) is 2.44. The van der Waals surface area contributed by atoms with E-state index in [9.17, 15) is 0 Å². The Kier molecular flexibility index (Phi) is 3.40. The minimum Gasteiger partial charge on any atom is -0.331 e. The molecule has 2 aromatic heterocycles. The van der Waals surface area contributed by atoms with E-state index in [-0.39, 0.29) is 0 Å². The first-order valence-electron chi connectivity index (χ1n) is 5.93. The van der Waals surface area contributed by atoms with Gasteiger partial charge in [-0.25, -0.2) is 0 Å². The van der Waals surface area contributed by atoms with Gasteiger partial charge >= 0.3 is 0 Å². The number of rotatable bonds is 2. The lowest BCUT2D eigenvalue weighted by Gasteiger charge is -2.07. The standard InChI is InChI=1S/C14H12IN3S/c1-9-4-5-16-7-10(9)8-18-13-3-2-11(15)6-12(13)17-14(18)19/h2-7H,8H2,1H3,(H,17,19). The maximum atomic E-state index is 5.42. The molecule has 0 saturated carbocycles. The van der Waals surface area contributed by atoms with Crippen LogP contribution in [0.2, 0.25) is 0 Å². The van der Waals surface area contributed by atoms with E-state index < -0.39 is 0 Å². The number of nitrogens with one attached hydrogen (secondary N) is 1. The quantitative estimate of drug-likeness (QED) is 0.537. The van der Waals surface area contributed by atoms with Crippen LogP contribution in [0, 0.1) is 15.3 Å². The molecular weight excluding hydrogens is 369 g/mol. The van der Waals surface area contributed by atoms with Gasteiger partial charge in [-0.2, -0.15) is 0 Å². The summed E-state index contributed by atoms with van der Waals surface area (Å²) in [5.74, 6) is 0. The van der Waals surface area contributed by atoms with Gasteiger partial charge < -0.3 is 9.55 Å². The molecule has 19 heavy (non-hydrogen) atoms. The van der Waals surface area contributed by atoms with Crippen molar-refractivity contribution in [1.29, 1.82) is 0 Å². The molecule has 0 aliphatic carbocycles. The topological polar surface area (TPSA) is 33.6 Å². The molecule has 0 unspecified atom stereocenters. The molecule has 0 atom stereocenters. The zero-order valence-corrected chi connectivity index (χ0v) is 13.3. The van der Waals surface area contributed by atoms with Gasteiger partial charge in [0.15, 0.2) is 4.77 Å². The fourth-order valence-corrected chi connectivity index (χ4v) is 2.89. The molecule has 0 aliphatic heterocycles. The summed E-state index contributed by atoms with van der Waals surface area (Å²) in [6.07, 6.45) is 3.72. The van der Waals surface area contributed by atoms with Crippen LogP contribution in [-0.4, -0.2) is 14.5 Å². The Bertz CT molecular complexity index is 804. The van der Waals surface area contributed by atoms with Gasteiger partial charge in [-0.15, -0.1) is 0 Å². The summed E-state index contributed by atoms with van der Waals surface area (Å²) in [4.78, 5) is 7.45. The number of aromatic nitrogens is 3. The van der Waals surface area contributed by atoms with E-state index in [2.05, 4.69) is 62.2 Å². The zero-order valence-electron chi connectivity index (χ0n) is 10.4. The molecule has 1 aromatic carbocycles. The van der Waals surface area contributed by atoms with E-state index in [1.807, 2.05) is 18.5 Å². The molecule has 0 fully saturated rings. The SMILES string of the molecule is Cc1ccncc1Cn1c(=S)[nH]c2cc(I)ccc21. The number of hydrogen-bond donors (Lipinski definition) is 1. The molecule has 1 N–H and O–H groups in total. The first-order valence-corrected chi connectivity index (χ1v) is 7.41. The number of H-pyrrole nitrogens is 1. The molecule has 3 aromatic rings. The summed E-state index contributed by atoms with van der Waals surface area (Å²) in [6.45, 7) is 2.84. The average Bonchev–Trinajstić information content (AvgIpc) is 2.68. The zero-order chi connectivity index (χ0) is 13.4. The Hall–Kier alpha value is -1.21. The highest BCUT2D eigenvalue weighted by atomic mass is 127. The maximum absolute atomic E-state index is 5.42. The number of aryl methyl sites for hydroxylation is 1. The second-order valence-corrected chi connectivity index (χ2v) is 6.11. The van der Waals surface area contributed by atoms with Gasteiger partial charge in [-0.3, -0.25) is 4.98 Å². The third-order valence-corrected chi connectivity index (χ3v) is 4.21. The Morgan fingerprint density at radius 1 is 1.37 bits per heavy atom. The molecule has 3 nitrogen and oxygen atoms in total. The van der Waals surface area contributed by atoms with Crippen LogP contribution >= 0.6 is 34.8 Å². The maximum Gasteiger partial charge on any atom is 0.178 e. The molecule has 0 spiro atoms. The highest BCUT2D eigenvalue weighted by Gasteiger charge is 2.07. The summed E-state index contributed by atoms with van der Waals surface area (Å²) >= 11 is 7.73. The Balaban J connectivity index is 2.13. The second-order valence-electron chi connectivity index (χ2n) is 4.48. The van der Waals surface area contributed by atoms with E-state index in [1.54, 1.807) is 0 Å². The average molecular weight is 381 g/mol. The van der Waals surface area contributed by atoms with Gasteiger partial charge in [-0.05, 0) is 77.1 Å². The first-order chi connectivity index (χ1) is 9.15. The number of pyridine rings is 1. The van der Waals surface area contributed by atoms with Crippen molar-refractivity contribution in [2.24, 2.45) is 0 Å². The number of imidazole rings is 1. The molecule has 0 bridgehead atoms. The van der Waals surface area contributed by atoms with Crippen molar-refractivity contribution in [2.75, 3.05) is 0 Å².